The fourth-order valence-corrected chi connectivity index (χ4v) is 1.17. The summed E-state index contributed by atoms with van der Waals surface area (Å²) in [5, 5.41) is 0. The first-order valence-electron chi connectivity index (χ1n) is 4.58. The Morgan fingerprint density at radius 2 is 2.21 bits per heavy atom. The summed E-state index contributed by atoms with van der Waals surface area (Å²) in [6.45, 7) is 5.78. The van der Waals surface area contributed by atoms with Crippen molar-refractivity contribution in [1.82, 2.24) is 9.97 Å². The first-order chi connectivity index (χ1) is 6.61. The molecule has 0 radical (unpaired) electrons. The molecule has 0 bridgehead atoms. The van der Waals surface area contributed by atoms with Crippen LogP contribution in [-0.4, -0.2) is 22.4 Å². The molecule has 0 saturated heterocycles. The molecule has 0 N–H and O–H groups in total. The van der Waals surface area contributed by atoms with Crippen molar-refractivity contribution in [1.29, 1.82) is 0 Å². The Hall–Kier alpha value is -1.45. The Morgan fingerprint density at radius 1 is 1.50 bits per heavy atom. The zero-order valence-electron chi connectivity index (χ0n) is 8.70. The average Bonchev–Trinajstić information content (AvgIpc) is 2.01. The van der Waals surface area contributed by atoms with E-state index in [1.54, 1.807) is 13.0 Å². The summed E-state index contributed by atoms with van der Waals surface area (Å²) in [5.41, 5.74) is 0.716. The van der Waals surface area contributed by atoms with Crippen LogP contribution in [-0.2, 0) is 11.2 Å². The fourth-order valence-electron chi connectivity index (χ4n) is 1.17. The molecule has 1 aromatic heterocycles. The second-order valence-corrected chi connectivity index (χ2v) is 3.06. The standard InChI is InChI=1S/C10H14N2O2/c1-4-14-10-6-9(5-7(2)13)11-8(3)12-10/h6H,4-5H2,1-3H3. The minimum Gasteiger partial charge on any atom is -0.478 e. The van der Waals surface area contributed by atoms with Crippen molar-refractivity contribution in [2.75, 3.05) is 6.61 Å². The van der Waals surface area contributed by atoms with E-state index in [2.05, 4.69) is 9.97 Å². The molecule has 1 heterocycles. The number of hydrogen-bond acceptors (Lipinski definition) is 4. The van der Waals surface area contributed by atoms with Gasteiger partial charge in [-0.2, -0.15) is 4.98 Å². The van der Waals surface area contributed by atoms with Crippen molar-refractivity contribution in [2.24, 2.45) is 0 Å². The number of rotatable bonds is 4. The lowest BCUT2D eigenvalue weighted by atomic mass is 10.2. The Kier molecular flexibility index (Phi) is 3.56. The SMILES string of the molecule is CCOc1cc(CC(C)=O)nc(C)n1. The molecule has 0 aliphatic carbocycles. The molecule has 0 fully saturated rings. The highest BCUT2D eigenvalue weighted by Crippen LogP contribution is 2.09. The normalized spacial score (nSPS) is 9.93. The zero-order chi connectivity index (χ0) is 10.6. The molecule has 0 aromatic carbocycles. The summed E-state index contributed by atoms with van der Waals surface area (Å²) in [6.07, 6.45) is 0.337. The van der Waals surface area contributed by atoms with Gasteiger partial charge in [-0.25, -0.2) is 4.98 Å². The molecule has 0 amide bonds. The Balaban J connectivity index is 2.88. The summed E-state index contributed by atoms with van der Waals surface area (Å²) >= 11 is 0. The van der Waals surface area contributed by atoms with Crippen LogP contribution in [0.1, 0.15) is 25.4 Å². The van der Waals surface area contributed by atoms with Gasteiger partial charge in [-0.1, -0.05) is 0 Å². The summed E-state index contributed by atoms with van der Waals surface area (Å²) in [7, 11) is 0. The van der Waals surface area contributed by atoms with E-state index in [4.69, 9.17) is 4.74 Å². The summed E-state index contributed by atoms with van der Waals surface area (Å²) < 4.78 is 5.25. The number of ketones is 1. The number of aromatic nitrogens is 2. The fraction of sp³-hybridized carbons (Fsp3) is 0.500. The molecule has 0 unspecified atom stereocenters. The van der Waals surface area contributed by atoms with Crippen molar-refractivity contribution in [3.05, 3.63) is 17.6 Å². The smallest absolute Gasteiger partial charge is 0.216 e. The molecule has 0 aliphatic heterocycles. The number of ether oxygens (including phenoxy) is 1. The van der Waals surface area contributed by atoms with Gasteiger partial charge in [0.05, 0.1) is 12.3 Å². The summed E-state index contributed by atoms with van der Waals surface area (Å²) in [4.78, 5) is 19.1. The van der Waals surface area contributed by atoms with Gasteiger partial charge in [0.25, 0.3) is 0 Å². The van der Waals surface area contributed by atoms with Crippen molar-refractivity contribution in [3.63, 3.8) is 0 Å². The predicted molar refractivity (Wildman–Crippen MR) is 52.3 cm³/mol. The predicted octanol–water partition coefficient (Wildman–Crippen LogP) is 1.32. The second-order valence-electron chi connectivity index (χ2n) is 3.06. The summed E-state index contributed by atoms with van der Waals surface area (Å²) in [6, 6.07) is 1.71. The van der Waals surface area contributed by atoms with Crippen LogP contribution in [0.15, 0.2) is 6.07 Å². The lowest BCUT2D eigenvalue weighted by Crippen LogP contribution is -2.04. The molecular formula is C10H14N2O2. The second kappa shape index (κ2) is 4.69. The van der Waals surface area contributed by atoms with Gasteiger partial charge in [0, 0.05) is 12.5 Å². The average molecular weight is 194 g/mol. The third-order valence-corrected chi connectivity index (χ3v) is 1.59. The molecule has 0 aliphatic rings. The highest BCUT2D eigenvalue weighted by atomic mass is 16.5. The van der Waals surface area contributed by atoms with E-state index < -0.39 is 0 Å². The number of aryl methyl sites for hydroxylation is 1. The van der Waals surface area contributed by atoms with E-state index in [9.17, 15) is 4.79 Å². The minimum absolute atomic E-state index is 0.0885. The molecule has 1 rings (SSSR count). The van der Waals surface area contributed by atoms with Gasteiger partial charge >= 0.3 is 0 Å². The van der Waals surface area contributed by atoms with Gasteiger partial charge in [-0.15, -0.1) is 0 Å². The highest BCUT2D eigenvalue weighted by Gasteiger charge is 2.04. The number of hydrogen-bond donors (Lipinski definition) is 0. The van der Waals surface area contributed by atoms with Gasteiger partial charge in [-0.3, -0.25) is 4.79 Å². The largest absolute Gasteiger partial charge is 0.478 e. The van der Waals surface area contributed by atoms with Crippen LogP contribution in [0.25, 0.3) is 0 Å². The van der Waals surface area contributed by atoms with E-state index in [1.165, 1.54) is 6.92 Å². The molecule has 0 spiro atoms. The van der Waals surface area contributed by atoms with Crippen molar-refractivity contribution in [3.8, 4) is 5.88 Å². The summed E-state index contributed by atoms with van der Waals surface area (Å²) in [5.74, 6) is 1.26. The van der Waals surface area contributed by atoms with Crippen LogP contribution in [0.3, 0.4) is 0 Å². The lowest BCUT2D eigenvalue weighted by Gasteiger charge is -2.04. The molecule has 14 heavy (non-hydrogen) atoms. The number of carbonyl (C=O) groups excluding carboxylic acids is 1. The third-order valence-electron chi connectivity index (χ3n) is 1.59. The van der Waals surface area contributed by atoms with Crippen molar-refractivity contribution >= 4 is 5.78 Å². The van der Waals surface area contributed by atoms with Crippen LogP contribution in [0.5, 0.6) is 5.88 Å². The maximum atomic E-state index is 10.9. The molecule has 76 valence electrons. The van der Waals surface area contributed by atoms with Gasteiger partial charge in [0.2, 0.25) is 5.88 Å². The molecule has 0 atom stereocenters. The molecule has 4 nitrogen and oxygen atoms in total. The zero-order valence-corrected chi connectivity index (χ0v) is 8.70. The van der Waals surface area contributed by atoms with Crippen molar-refractivity contribution < 1.29 is 9.53 Å². The Bertz CT molecular complexity index is 337. The van der Waals surface area contributed by atoms with Crippen LogP contribution in [0.4, 0.5) is 0 Å². The molecular weight excluding hydrogens is 180 g/mol. The van der Waals surface area contributed by atoms with E-state index >= 15 is 0 Å². The number of nitrogens with zero attached hydrogens (tertiary/aromatic N) is 2. The lowest BCUT2D eigenvalue weighted by molar-refractivity contribution is -0.116. The molecule has 4 heteroatoms. The first-order valence-corrected chi connectivity index (χ1v) is 4.58. The topological polar surface area (TPSA) is 52.1 Å². The van der Waals surface area contributed by atoms with Crippen LogP contribution in [0, 0.1) is 6.92 Å². The Labute approximate surface area is 83.3 Å². The quantitative estimate of drug-likeness (QED) is 0.725. The molecule has 1 aromatic rings. The van der Waals surface area contributed by atoms with Crippen molar-refractivity contribution in [2.45, 2.75) is 27.2 Å². The van der Waals surface area contributed by atoms with E-state index in [-0.39, 0.29) is 5.78 Å². The van der Waals surface area contributed by atoms with Crippen LogP contribution >= 0.6 is 0 Å². The van der Waals surface area contributed by atoms with E-state index in [1.807, 2.05) is 6.92 Å². The van der Waals surface area contributed by atoms with Crippen LogP contribution < -0.4 is 4.74 Å². The van der Waals surface area contributed by atoms with Gasteiger partial charge in [0.15, 0.2) is 0 Å². The first kappa shape index (κ1) is 10.6. The van der Waals surface area contributed by atoms with E-state index in [0.717, 1.165) is 0 Å². The van der Waals surface area contributed by atoms with Crippen LogP contribution in [0.2, 0.25) is 0 Å². The Morgan fingerprint density at radius 3 is 2.79 bits per heavy atom. The molecule has 0 saturated carbocycles. The van der Waals surface area contributed by atoms with Gasteiger partial charge in [-0.05, 0) is 20.8 Å². The van der Waals surface area contributed by atoms with Gasteiger partial charge in [0.1, 0.15) is 11.6 Å². The number of Topliss-reactive ketones (excluding diaryl/α,β-unsaturated/α-hetero) is 1. The highest BCUT2D eigenvalue weighted by molar-refractivity contribution is 5.77. The number of carbonyl (C=O) groups is 1. The monoisotopic (exact) mass is 194 g/mol. The maximum Gasteiger partial charge on any atom is 0.216 e. The maximum absolute atomic E-state index is 10.9. The van der Waals surface area contributed by atoms with Gasteiger partial charge < -0.3 is 4.74 Å². The third kappa shape index (κ3) is 3.12. The van der Waals surface area contributed by atoms with E-state index in [0.29, 0.717) is 30.4 Å². The minimum atomic E-state index is 0.0885.